The van der Waals surface area contributed by atoms with Crippen LogP contribution in [0, 0.1) is 12.7 Å². The predicted molar refractivity (Wildman–Crippen MR) is 99.3 cm³/mol. The van der Waals surface area contributed by atoms with Crippen LogP contribution in [0.1, 0.15) is 21.5 Å². The van der Waals surface area contributed by atoms with Crippen molar-refractivity contribution >= 4 is 17.3 Å². The van der Waals surface area contributed by atoms with Crippen molar-refractivity contribution in [2.24, 2.45) is 0 Å². The SMILES string of the molecule is Cc1ccc(CNc2ccc(NC(=O)c3ccc(F)cc3)cc2)cc1. The second-order valence-electron chi connectivity index (χ2n) is 5.88. The minimum atomic E-state index is -0.361. The number of amides is 1. The molecule has 0 fully saturated rings. The van der Waals surface area contributed by atoms with Crippen LogP contribution < -0.4 is 10.6 Å². The molecule has 3 nitrogen and oxygen atoms in total. The van der Waals surface area contributed by atoms with Gasteiger partial charge in [0.2, 0.25) is 0 Å². The number of rotatable bonds is 5. The van der Waals surface area contributed by atoms with Crippen LogP contribution in [0.4, 0.5) is 15.8 Å². The van der Waals surface area contributed by atoms with Crippen molar-refractivity contribution in [1.29, 1.82) is 0 Å². The highest BCUT2D eigenvalue weighted by atomic mass is 19.1. The molecule has 0 spiro atoms. The second kappa shape index (κ2) is 7.62. The van der Waals surface area contributed by atoms with Crippen molar-refractivity contribution in [3.05, 3.63) is 95.3 Å². The third kappa shape index (κ3) is 4.67. The number of benzene rings is 3. The number of anilines is 2. The Labute approximate surface area is 146 Å². The molecule has 0 radical (unpaired) electrons. The van der Waals surface area contributed by atoms with E-state index in [4.69, 9.17) is 0 Å². The van der Waals surface area contributed by atoms with Crippen molar-refractivity contribution in [1.82, 2.24) is 0 Å². The lowest BCUT2D eigenvalue weighted by molar-refractivity contribution is 0.102. The zero-order valence-corrected chi connectivity index (χ0v) is 13.9. The first-order chi connectivity index (χ1) is 12.1. The van der Waals surface area contributed by atoms with E-state index in [2.05, 4.69) is 41.8 Å². The van der Waals surface area contributed by atoms with Crippen molar-refractivity contribution in [3.8, 4) is 0 Å². The summed E-state index contributed by atoms with van der Waals surface area (Å²) in [4.78, 5) is 12.1. The summed E-state index contributed by atoms with van der Waals surface area (Å²) in [6.07, 6.45) is 0. The molecular formula is C21H19FN2O. The Balaban J connectivity index is 1.57. The summed E-state index contributed by atoms with van der Waals surface area (Å²) in [6.45, 7) is 2.80. The Morgan fingerprint density at radius 3 is 2.08 bits per heavy atom. The third-order valence-electron chi connectivity index (χ3n) is 3.87. The smallest absolute Gasteiger partial charge is 0.255 e. The van der Waals surface area contributed by atoms with Gasteiger partial charge < -0.3 is 10.6 Å². The summed E-state index contributed by atoms with van der Waals surface area (Å²) in [6, 6.07) is 21.3. The van der Waals surface area contributed by atoms with Gasteiger partial charge in [-0.15, -0.1) is 0 Å². The molecule has 0 atom stereocenters. The lowest BCUT2D eigenvalue weighted by Crippen LogP contribution is -2.11. The minimum absolute atomic E-state index is 0.264. The van der Waals surface area contributed by atoms with E-state index in [1.807, 2.05) is 24.3 Å². The monoisotopic (exact) mass is 334 g/mol. The largest absolute Gasteiger partial charge is 0.381 e. The van der Waals surface area contributed by atoms with Gasteiger partial charge in [0, 0.05) is 23.5 Å². The molecule has 3 aromatic rings. The number of carbonyl (C=O) groups excluding carboxylic acids is 1. The topological polar surface area (TPSA) is 41.1 Å². The van der Waals surface area contributed by atoms with Crippen molar-refractivity contribution < 1.29 is 9.18 Å². The van der Waals surface area contributed by atoms with Gasteiger partial charge in [-0.1, -0.05) is 29.8 Å². The Morgan fingerprint density at radius 1 is 0.840 bits per heavy atom. The first kappa shape index (κ1) is 16.7. The van der Waals surface area contributed by atoms with Gasteiger partial charge in [-0.2, -0.15) is 0 Å². The number of carbonyl (C=O) groups is 1. The highest BCUT2D eigenvalue weighted by molar-refractivity contribution is 6.04. The molecule has 0 heterocycles. The number of hydrogen-bond acceptors (Lipinski definition) is 2. The standard InChI is InChI=1S/C21H19FN2O/c1-15-2-4-16(5-3-15)14-23-19-10-12-20(13-11-19)24-21(25)17-6-8-18(22)9-7-17/h2-13,23H,14H2,1H3,(H,24,25). The summed E-state index contributed by atoms with van der Waals surface area (Å²) in [7, 11) is 0. The molecule has 4 heteroatoms. The Kier molecular flexibility index (Phi) is 5.09. The summed E-state index contributed by atoms with van der Waals surface area (Å²) in [5.74, 6) is -0.624. The first-order valence-corrected chi connectivity index (χ1v) is 8.06. The molecular weight excluding hydrogens is 315 g/mol. The zero-order valence-electron chi connectivity index (χ0n) is 13.9. The Morgan fingerprint density at radius 2 is 1.44 bits per heavy atom. The maximum absolute atomic E-state index is 12.9. The average Bonchev–Trinajstić information content (AvgIpc) is 2.63. The van der Waals surface area contributed by atoms with Crippen LogP contribution in [0.25, 0.3) is 0 Å². The van der Waals surface area contributed by atoms with E-state index in [0.717, 1.165) is 12.2 Å². The lowest BCUT2D eigenvalue weighted by atomic mass is 10.1. The van der Waals surface area contributed by atoms with Gasteiger partial charge in [-0.05, 0) is 61.0 Å². The van der Waals surface area contributed by atoms with Crippen LogP contribution >= 0.6 is 0 Å². The van der Waals surface area contributed by atoms with Crippen molar-refractivity contribution in [2.75, 3.05) is 10.6 Å². The molecule has 0 aliphatic carbocycles. The van der Waals surface area contributed by atoms with E-state index in [0.29, 0.717) is 11.3 Å². The van der Waals surface area contributed by atoms with E-state index in [1.165, 1.54) is 35.4 Å². The van der Waals surface area contributed by atoms with Crippen LogP contribution in [0.3, 0.4) is 0 Å². The van der Waals surface area contributed by atoms with Gasteiger partial charge in [-0.3, -0.25) is 4.79 Å². The fourth-order valence-corrected chi connectivity index (χ4v) is 2.39. The molecule has 1 amide bonds. The molecule has 3 aromatic carbocycles. The van der Waals surface area contributed by atoms with Crippen LogP contribution in [-0.2, 0) is 6.54 Å². The second-order valence-corrected chi connectivity index (χ2v) is 5.88. The van der Waals surface area contributed by atoms with Crippen LogP contribution in [0.15, 0.2) is 72.8 Å². The maximum Gasteiger partial charge on any atom is 0.255 e. The fraction of sp³-hybridized carbons (Fsp3) is 0.0952. The minimum Gasteiger partial charge on any atom is -0.381 e. The fourth-order valence-electron chi connectivity index (χ4n) is 2.39. The normalized spacial score (nSPS) is 10.3. The summed E-state index contributed by atoms with van der Waals surface area (Å²) >= 11 is 0. The summed E-state index contributed by atoms with van der Waals surface area (Å²) in [5, 5.41) is 6.14. The van der Waals surface area contributed by atoms with E-state index in [1.54, 1.807) is 0 Å². The van der Waals surface area contributed by atoms with Crippen molar-refractivity contribution in [3.63, 3.8) is 0 Å². The zero-order chi connectivity index (χ0) is 17.6. The van der Waals surface area contributed by atoms with Gasteiger partial charge in [0.15, 0.2) is 0 Å². The Hall–Kier alpha value is -3.14. The predicted octanol–water partition coefficient (Wildman–Crippen LogP) is 5.00. The molecule has 0 bridgehead atoms. The molecule has 25 heavy (non-hydrogen) atoms. The molecule has 0 aliphatic rings. The van der Waals surface area contributed by atoms with E-state index < -0.39 is 0 Å². The van der Waals surface area contributed by atoms with Crippen LogP contribution in [0.2, 0.25) is 0 Å². The van der Waals surface area contributed by atoms with Gasteiger partial charge in [0.1, 0.15) is 5.82 Å². The molecule has 0 aromatic heterocycles. The number of halogens is 1. The molecule has 3 rings (SSSR count). The highest BCUT2D eigenvalue weighted by Gasteiger charge is 2.06. The first-order valence-electron chi connectivity index (χ1n) is 8.06. The molecule has 0 saturated heterocycles. The van der Waals surface area contributed by atoms with E-state index in [9.17, 15) is 9.18 Å². The van der Waals surface area contributed by atoms with E-state index in [-0.39, 0.29) is 11.7 Å². The van der Waals surface area contributed by atoms with Crippen LogP contribution in [0.5, 0.6) is 0 Å². The average molecular weight is 334 g/mol. The van der Waals surface area contributed by atoms with Gasteiger partial charge in [0.25, 0.3) is 5.91 Å². The maximum atomic E-state index is 12.9. The lowest BCUT2D eigenvalue weighted by Gasteiger charge is -2.09. The number of nitrogens with one attached hydrogen (secondary N) is 2. The summed E-state index contributed by atoms with van der Waals surface area (Å²) < 4.78 is 12.9. The number of aryl methyl sites for hydroxylation is 1. The molecule has 126 valence electrons. The van der Waals surface area contributed by atoms with Gasteiger partial charge >= 0.3 is 0 Å². The highest BCUT2D eigenvalue weighted by Crippen LogP contribution is 2.16. The van der Waals surface area contributed by atoms with Crippen LogP contribution in [-0.4, -0.2) is 5.91 Å². The number of hydrogen-bond donors (Lipinski definition) is 2. The quantitative estimate of drug-likeness (QED) is 0.689. The van der Waals surface area contributed by atoms with Crippen molar-refractivity contribution in [2.45, 2.75) is 13.5 Å². The molecule has 0 unspecified atom stereocenters. The van der Waals surface area contributed by atoms with E-state index >= 15 is 0 Å². The van der Waals surface area contributed by atoms with Gasteiger partial charge in [0.05, 0.1) is 0 Å². The third-order valence-corrected chi connectivity index (χ3v) is 3.87. The Bertz CT molecular complexity index is 841. The molecule has 0 aliphatic heterocycles. The summed E-state index contributed by atoms with van der Waals surface area (Å²) in [5.41, 5.74) is 4.53. The van der Waals surface area contributed by atoms with Gasteiger partial charge in [-0.25, -0.2) is 4.39 Å². The molecule has 0 saturated carbocycles. The molecule has 2 N–H and O–H groups in total.